The number of nitro groups is 1. The van der Waals surface area contributed by atoms with E-state index < -0.39 is 16.6 Å². The number of nitrogens with zero attached hydrogens (tertiary/aromatic N) is 2. The van der Waals surface area contributed by atoms with Gasteiger partial charge in [0.05, 0.1) is 4.92 Å². The molecular formula is C9H8N2O5. The SMILES string of the molecule is O=C(O)/C(Cc1ccc([N+](=O)[O-])cc1)=N\O. The minimum atomic E-state index is -1.33. The van der Waals surface area contributed by atoms with Crippen LogP contribution in [0.2, 0.25) is 0 Å². The first kappa shape index (κ1) is 11.6. The molecular weight excluding hydrogens is 216 g/mol. The lowest BCUT2D eigenvalue weighted by atomic mass is 10.1. The van der Waals surface area contributed by atoms with Crippen molar-refractivity contribution in [1.82, 2.24) is 0 Å². The first-order valence-electron chi connectivity index (χ1n) is 4.22. The van der Waals surface area contributed by atoms with Crippen LogP contribution in [0.5, 0.6) is 0 Å². The lowest BCUT2D eigenvalue weighted by molar-refractivity contribution is -0.384. The monoisotopic (exact) mass is 224 g/mol. The fraction of sp³-hybridized carbons (Fsp3) is 0.111. The summed E-state index contributed by atoms with van der Waals surface area (Å²) in [6, 6.07) is 5.33. The second kappa shape index (κ2) is 4.87. The minimum Gasteiger partial charge on any atom is -0.477 e. The third-order valence-corrected chi connectivity index (χ3v) is 1.89. The summed E-state index contributed by atoms with van der Waals surface area (Å²) in [5.74, 6) is -1.33. The van der Waals surface area contributed by atoms with Gasteiger partial charge < -0.3 is 10.3 Å². The van der Waals surface area contributed by atoms with Gasteiger partial charge in [0.2, 0.25) is 0 Å². The van der Waals surface area contributed by atoms with Crippen molar-refractivity contribution in [2.45, 2.75) is 6.42 Å². The molecule has 0 bridgehead atoms. The molecule has 16 heavy (non-hydrogen) atoms. The molecule has 0 aliphatic carbocycles. The summed E-state index contributed by atoms with van der Waals surface area (Å²) in [4.78, 5) is 20.3. The Morgan fingerprint density at radius 3 is 2.31 bits per heavy atom. The van der Waals surface area contributed by atoms with Crippen molar-refractivity contribution in [2.75, 3.05) is 0 Å². The highest BCUT2D eigenvalue weighted by atomic mass is 16.6. The quantitative estimate of drug-likeness (QED) is 0.343. The Hall–Kier alpha value is -2.44. The second-order valence-electron chi connectivity index (χ2n) is 2.95. The predicted molar refractivity (Wildman–Crippen MR) is 53.7 cm³/mol. The maximum atomic E-state index is 10.5. The molecule has 1 rings (SSSR count). The summed E-state index contributed by atoms with van der Waals surface area (Å²) in [6.07, 6.45) is -0.0934. The number of rotatable bonds is 4. The summed E-state index contributed by atoms with van der Waals surface area (Å²) >= 11 is 0. The van der Waals surface area contributed by atoms with Crippen molar-refractivity contribution in [3.63, 3.8) is 0 Å². The van der Waals surface area contributed by atoms with E-state index in [2.05, 4.69) is 5.16 Å². The molecule has 2 N–H and O–H groups in total. The Morgan fingerprint density at radius 1 is 1.38 bits per heavy atom. The molecule has 0 heterocycles. The third kappa shape index (κ3) is 2.77. The van der Waals surface area contributed by atoms with E-state index in [4.69, 9.17) is 10.3 Å². The first-order chi connectivity index (χ1) is 7.54. The fourth-order valence-corrected chi connectivity index (χ4v) is 1.08. The molecule has 0 saturated heterocycles. The molecule has 84 valence electrons. The van der Waals surface area contributed by atoms with Crippen LogP contribution >= 0.6 is 0 Å². The van der Waals surface area contributed by atoms with Gasteiger partial charge in [-0.25, -0.2) is 4.79 Å². The smallest absolute Gasteiger partial charge is 0.354 e. The van der Waals surface area contributed by atoms with E-state index in [1.165, 1.54) is 24.3 Å². The molecule has 0 amide bonds. The van der Waals surface area contributed by atoms with Crippen LogP contribution in [0.3, 0.4) is 0 Å². The molecule has 7 nitrogen and oxygen atoms in total. The van der Waals surface area contributed by atoms with E-state index in [0.717, 1.165) is 0 Å². The Balaban J connectivity index is 2.83. The van der Waals surface area contributed by atoms with E-state index in [-0.39, 0.29) is 12.1 Å². The van der Waals surface area contributed by atoms with Gasteiger partial charge in [0.15, 0.2) is 5.71 Å². The first-order valence-corrected chi connectivity index (χ1v) is 4.22. The average molecular weight is 224 g/mol. The highest BCUT2D eigenvalue weighted by Crippen LogP contribution is 2.12. The van der Waals surface area contributed by atoms with Crippen LogP contribution in [0.4, 0.5) is 5.69 Å². The molecule has 0 atom stereocenters. The molecule has 0 saturated carbocycles. The molecule has 0 aliphatic heterocycles. The molecule has 1 aromatic carbocycles. The van der Waals surface area contributed by atoms with E-state index in [9.17, 15) is 14.9 Å². The van der Waals surface area contributed by atoms with Gasteiger partial charge in [-0.15, -0.1) is 0 Å². The largest absolute Gasteiger partial charge is 0.477 e. The predicted octanol–water partition coefficient (Wildman–Crippen LogP) is 1.05. The van der Waals surface area contributed by atoms with Crippen molar-refractivity contribution < 1.29 is 20.0 Å². The van der Waals surface area contributed by atoms with Crippen molar-refractivity contribution in [2.24, 2.45) is 5.16 Å². The Morgan fingerprint density at radius 2 is 1.94 bits per heavy atom. The maximum Gasteiger partial charge on any atom is 0.354 e. The summed E-state index contributed by atoms with van der Waals surface area (Å²) < 4.78 is 0. The minimum absolute atomic E-state index is 0.0819. The number of oxime groups is 1. The molecule has 0 aromatic heterocycles. The lowest BCUT2D eigenvalue weighted by Crippen LogP contribution is -2.15. The van der Waals surface area contributed by atoms with E-state index >= 15 is 0 Å². The number of aliphatic carboxylic acids is 1. The van der Waals surface area contributed by atoms with Gasteiger partial charge in [-0.3, -0.25) is 10.1 Å². The van der Waals surface area contributed by atoms with Gasteiger partial charge in [0.25, 0.3) is 5.69 Å². The highest BCUT2D eigenvalue weighted by Gasteiger charge is 2.12. The van der Waals surface area contributed by atoms with Crippen molar-refractivity contribution in [3.8, 4) is 0 Å². The highest BCUT2D eigenvalue weighted by molar-refractivity contribution is 6.35. The molecule has 0 radical (unpaired) electrons. The van der Waals surface area contributed by atoms with Crippen LogP contribution in [-0.4, -0.2) is 26.9 Å². The fourth-order valence-electron chi connectivity index (χ4n) is 1.08. The number of benzene rings is 1. The molecule has 1 aromatic rings. The van der Waals surface area contributed by atoms with Gasteiger partial charge in [-0.05, 0) is 5.56 Å². The van der Waals surface area contributed by atoms with Crippen LogP contribution < -0.4 is 0 Å². The number of nitro benzene ring substituents is 1. The van der Waals surface area contributed by atoms with Gasteiger partial charge >= 0.3 is 5.97 Å². The second-order valence-corrected chi connectivity index (χ2v) is 2.95. The van der Waals surface area contributed by atoms with Crippen LogP contribution in [0.15, 0.2) is 29.4 Å². The van der Waals surface area contributed by atoms with Crippen LogP contribution in [0.25, 0.3) is 0 Å². The number of carboxylic acid groups (broad SMARTS) is 1. The maximum absolute atomic E-state index is 10.5. The zero-order chi connectivity index (χ0) is 12.1. The number of hydrogen-bond acceptors (Lipinski definition) is 5. The number of carbonyl (C=O) groups is 1. The molecule has 0 aliphatic rings. The zero-order valence-electron chi connectivity index (χ0n) is 8.03. The van der Waals surface area contributed by atoms with Crippen LogP contribution in [0, 0.1) is 10.1 Å². The molecule has 7 heteroatoms. The molecule has 0 spiro atoms. The average Bonchev–Trinajstić information content (AvgIpc) is 2.26. The van der Waals surface area contributed by atoms with E-state index in [1.807, 2.05) is 0 Å². The van der Waals surface area contributed by atoms with Gasteiger partial charge in [0.1, 0.15) is 0 Å². The Kier molecular flexibility index (Phi) is 3.54. The summed E-state index contributed by atoms with van der Waals surface area (Å²) in [5, 5.41) is 29.9. The zero-order valence-corrected chi connectivity index (χ0v) is 8.03. The van der Waals surface area contributed by atoms with E-state index in [1.54, 1.807) is 0 Å². The summed E-state index contributed by atoms with van der Waals surface area (Å²) in [5.41, 5.74) is 0.0104. The summed E-state index contributed by atoms with van der Waals surface area (Å²) in [7, 11) is 0. The normalized spacial score (nSPS) is 11.1. The van der Waals surface area contributed by atoms with Crippen molar-refractivity contribution >= 4 is 17.4 Å². The molecule has 0 fully saturated rings. The van der Waals surface area contributed by atoms with Gasteiger partial charge in [0, 0.05) is 18.6 Å². The summed E-state index contributed by atoms with van der Waals surface area (Å²) in [6.45, 7) is 0. The number of non-ortho nitro benzene ring substituents is 1. The van der Waals surface area contributed by atoms with Crippen LogP contribution in [-0.2, 0) is 11.2 Å². The van der Waals surface area contributed by atoms with E-state index in [0.29, 0.717) is 5.56 Å². The number of carboxylic acids is 1. The topological polar surface area (TPSA) is 113 Å². The standard InChI is InChI=1S/C9H8N2O5/c12-9(13)8(10-14)5-6-1-3-7(4-2-6)11(15)16/h1-4,14H,5H2,(H,12,13)/b10-8-. The Bertz CT molecular complexity index is 438. The Labute approximate surface area is 89.8 Å². The van der Waals surface area contributed by atoms with Crippen molar-refractivity contribution in [1.29, 1.82) is 0 Å². The lowest BCUT2D eigenvalue weighted by Gasteiger charge is -1.99. The van der Waals surface area contributed by atoms with Crippen molar-refractivity contribution in [3.05, 3.63) is 39.9 Å². The van der Waals surface area contributed by atoms with Gasteiger partial charge in [-0.1, -0.05) is 17.3 Å². The third-order valence-electron chi connectivity index (χ3n) is 1.89. The molecule has 0 unspecified atom stereocenters. The van der Waals surface area contributed by atoms with Crippen LogP contribution in [0.1, 0.15) is 5.56 Å². The number of hydrogen-bond donors (Lipinski definition) is 2. The van der Waals surface area contributed by atoms with Gasteiger partial charge in [-0.2, -0.15) is 0 Å².